The molecular weight excluding hydrogens is 96.3 g/mol. The first-order valence-electron chi connectivity index (χ1n) is 0.854. The summed E-state index contributed by atoms with van der Waals surface area (Å²) in [6.07, 6.45) is 3.60. The third-order valence-corrected chi connectivity index (χ3v) is 2.39. The Bertz CT molecular complexity index is 24.3. The van der Waals surface area contributed by atoms with Crippen molar-refractivity contribution in [3.05, 3.63) is 0 Å². The fraction of sp³-hybridized carbons (Fsp3) is 0. The average molecular weight is 98.3 g/mol. The predicted octanol–water partition coefficient (Wildman–Crippen LogP) is -1.17. The maximum absolute atomic E-state index is 3.60. The number of rotatable bonds is 1. The second kappa shape index (κ2) is 3.52. The van der Waals surface area contributed by atoms with Gasteiger partial charge in [0.2, 0.25) is 0 Å². The molecule has 0 saturated carbocycles. The molecule has 0 rings (SSSR count). The molecular formula is CH2Si3. The first kappa shape index (κ1) is 4.52. The Morgan fingerprint density at radius 2 is 2.00 bits per heavy atom. The standard InChI is InChI=1S/CH2Si3/c1-3-4-2/h1H2. The summed E-state index contributed by atoms with van der Waals surface area (Å²) in [5.41, 5.74) is 0. The van der Waals surface area contributed by atoms with Crippen LogP contribution in [0.25, 0.3) is 0 Å². The Morgan fingerprint density at radius 1 is 1.75 bits per heavy atom. The largest absolute Gasteiger partial charge is 0.118 e. The van der Waals surface area contributed by atoms with Crippen molar-refractivity contribution in [2.24, 2.45) is 0 Å². The van der Waals surface area contributed by atoms with Crippen molar-refractivity contribution in [1.29, 1.82) is 0 Å². The summed E-state index contributed by atoms with van der Waals surface area (Å²) in [7, 11) is 4.96. The van der Waals surface area contributed by atoms with E-state index in [9.17, 15) is 0 Å². The van der Waals surface area contributed by atoms with Crippen LogP contribution in [0, 0.1) is 0 Å². The molecule has 4 radical (unpaired) electrons. The van der Waals surface area contributed by atoms with Gasteiger partial charge in [-0.1, -0.05) is 0 Å². The third kappa shape index (κ3) is 2.52. The van der Waals surface area contributed by atoms with Crippen molar-refractivity contribution in [2.45, 2.75) is 0 Å². The van der Waals surface area contributed by atoms with Gasteiger partial charge in [0.15, 0.2) is 0 Å². The van der Waals surface area contributed by atoms with E-state index in [0.717, 1.165) is 16.8 Å². The van der Waals surface area contributed by atoms with Crippen molar-refractivity contribution < 1.29 is 0 Å². The van der Waals surface area contributed by atoms with Crippen LogP contribution in [0.15, 0.2) is 0 Å². The highest BCUT2D eigenvalue weighted by molar-refractivity contribution is 7.07. The number of hydrogen-bond donors (Lipinski definition) is 0. The van der Waals surface area contributed by atoms with Gasteiger partial charge < -0.3 is 0 Å². The van der Waals surface area contributed by atoms with Gasteiger partial charge in [-0.15, -0.1) is 6.17 Å². The molecule has 0 heterocycles. The van der Waals surface area contributed by atoms with Gasteiger partial charge >= 0.3 is 0 Å². The van der Waals surface area contributed by atoms with E-state index in [2.05, 4.69) is 15.5 Å². The van der Waals surface area contributed by atoms with E-state index in [1.807, 2.05) is 0 Å². The highest BCUT2D eigenvalue weighted by Crippen LogP contribution is 0.998. The lowest BCUT2D eigenvalue weighted by molar-refractivity contribution is 4.25. The lowest BCUT2D eigenvalue weighted by Crippen LogP contribution is -1.74. The summed E-state index contributed by atoms with van der Waals surface area (Å²) >= 11 is 0. The van der Waals surface area contributed by atoms with Gasteiger partial charge in [-0.05, 0) is 0 Å². The van der Waals surface area contributed by atoms with Crippen LogP contribution in [-0.4, -0.2) is 32.3 Å². The monoisotopic (exact) mass is 97.9 g/mol. The topological polar surface area (TPSA) is 0 Å². The summed E-state index contributed by atoms with van der Waals surface area (Å²) in [6, 6.07) is 0. The molecule has 0 spiro atoms. The molecule has 0 aromatic carbocycles. The van der Waals surface area contributed by atoms with Crippen LogP contribution in [0.3, 0.4) is 0 Å². The molecule has 0 amide bonds. The van der Waals surface area contributed by atoms with Crippen LogP contribution in [0.4, 0.5) is 0 Å². The molecule has 0 fully saturated rings. The third-order valence-electron chi connectivity index (χ3n) is 0.0884. The van der Waals surface area contributed by atoms with Crippen LogP contribution in [0.2, 0.25) is 0 Å². The zero-order chi connectivity index (χ0) is 3.41. The highest BCUT2D eigenvalue weighted by atomic mass is 29.3. The predicted molar refractivity (Wildman–Crippen MR) is 24.4 cm³/mol. The van der Waals surface area contributed by atoms with Crippen molar-refractivity contribution in [2.75, 3.05) is 0 Å². The molecule has 0 aromatic heterocycles. The Kier molecular flexibility index (Phi) is 3.98. The Balaban J connectivity index is 2.73. The average Bonchev–Trinajstić information content (AvgIpc) is 1.37. The Labute approximate surface area is 33.0 Å². The Hall–Kier alpha value is 0.521. The van der Waals surface area contributed by atoms with E-state index in [0.29, 0.717) is 0 Å². The molecule has 0 aliphatic heterocycles. The molecule has 0 aliphatic carbocycles. The van der Waals surface area contributed by atoms with E-state index in [1.165, 1.54) is 0 Å². The fourth-order valence-corrected chi connectivity index (χ4v) is 0. The molecule has 0 nitrogen and oxygen atoms in total. The first-order valence-corrected chi connectivity index (χ1v) is 5.56. The van der Waals surface area contributed by atoms with Crippen LogP contribution >= 0.6 is 0 Å². The second-order valence-corrected chi connectivity index (χ2v) is 4.97. The minimum atomic E-state index is 0.832. The van der Waals surface area contributed by atoms with Crippen LogP contribution < -0.4 is 0 Å². The van der Waals surface area contributed by atoms with Gasteiger partial charge in [0.05, 0.1) is 0 Å². The summed E-state index contributed by atoms with van der Waals surface area (Å²) < 4.78 is 0. The number of hydrogen-bond acceptors (Lipinski definition) is 0. The lowest BCUT2D eigenvalue weighted by atomic mass is 12.0. The van der Waals surface area contributed by atoms with Gasteiger partial charge in [-0.3, -0.25) is 0 Å². The van der Waals surface area contributed by atoms with Crippen molar-refractivity contribution in [3.8, 4) is 0 Å². The van der Waals surface area contributed by atoms with E-state index in [4.69, 9.17) is 0 Å². The summed E-state index contributed by atoms with van der Waals surface area (Å²) in [6.45, 7) is 0. The normalized spacial score (nSPS) is 5.00. The molecule has 0 aliphatic rings. The SMILES string of the molecule is C=[Si][Si]=[Si]. The van der Waals surface area contributed by atoms with Crippen LogP contribution in [0.5, 0.6) is 0 Å². The molecule has 0 N–H and O–H groups in total. The summed E-state index contributed by atoms with van der Waals surface area (Å²) in [5.74, 6) is 0. The minimum absolute atomic E-state index is 0.832. The molecule has 0 bridgehead atoms. The second-order valence-electron chi connectivity index (χ2n) is 0.302. The lowest BCUT2D eigenvalue weighted by Gasteiger charge is -1.37. The van der Waals surface area contributed by atoms with Crippen LogP contribution in [-0.2, 0) is 0 Å². The molecule has 0 aromatic rings. The van der Waals surface area contributed by atoms with E-state index in [-0.39, 0.29) is 0 Å². The zero-order valence-corrected chi connectivity index (χ0v) is 5.21. The Morgan fingerprint density at radius 3 is 2.00 bits per heavy atom. The maximum Gasteiger partial charge on any atom is 0.0162 e. The van der Waals surface area contributed by atoms with Crippen molar-refractivity contribution in [3.63, 3.8) is 0 Å². The van der Waals surface area contributed by atoms with Gasteiger partial charge in [-0.2, -0.15) is 0 Å². The molecule has 3 heteroatoms. The van der Waals surface area contributed by atoms with E-state index in [1.54, 1.807) is 0 Å². The van der Waals surface area contributed by atoms with E-state index < -0.39 is 0 Å². The minimum Gasteiger partial charge on any atom is -0.118 e. The summed E-state index contributed by atoms with van der Waals surface area (Å²) in [5, 5.41) is 0. The molecule has 0 saturated heterocycles. The van der Waals surface area contributed by atoms with Gasteiger partial charge in [0.1, 0.15) is 0 Å². The molecule has 0 unspecified atom stereocenters. The molecule has 18 valence electrons. The first-order chi connectivity index (χ1) is 1.91. The smallest absolute Gasteiger partial charge is 0.0162 e. The quantitative estimate of drug-likeness (QED) is 0.362. The van der Waals surface area contributed by atoms with Crippen LogP contribution in [0.1, 0.15) is 0 Å². The maximum atomic E-state index is 3.60. The van der Waals surface area contributed by atoms with Gasteiger partial charge in [0, 0.05) is 26.1 Å². The highest BCUT2D eigenvalue weighted by Gasteiger charge is 1.36. The van der Waals surface area contributed by atoms with Gasteiger partial charge in [0.25, 0.3) is 0 Å². The van der Waals surface area contributed by atoms with Gasteiger partial charge in [-0.25, -0.2) is 0 Å². The summed E-state index contributed by atoms with van der Waals surface area (Å²) in [4.78, 5) is 0. The molecule has 0 atom stereocenters. The van der Waals surface area contributed by atoms with Crippen molar-refractivity contribution >= 4 is 32.3 Å². The fourth-order valence-electron chi connectivity index (χ4n) is 0. The zero-order valence-electron chi connectivity index (χ0n) is 2.21. The van der Waals surface area contributed by atoms with Crippen molar-refractivity contribution in [1.82, 2.24) is 0 Å². The van der Waals surface area contributed by atoms with E-state index >= 15 is 0 Å². The molecule has 4 heavy (non-hydrogen) atoms.